The quantitative estimate of drug-likeness (QED) is 0.617. The highest BCUT2D eigenvalue weighted by Gasteiger charge is 2.50. The average Bonchev–Trinajstić information content (AvgIpc) is 3.02. The van der Waals surface area contributed by atoms with Crippen LogP contribution in [0, 0.1) is 5.41 Å². The molecule has 5 rings (SSSR count). The first-order valence-corrected chi connectivity index (χ1v) is 9.00. The number of nitrogens with one attached hydrogen (secondary N) is 1. The molecule has 1 aromatic heterocycles. The second kappa shape index (κ2) is 5.53. The van der Waals surface area contributed by atoms with Gasteiger partial charge in [0.25, 0.3) is 0 Å². The van der Waals surface area contributed by atoms with E-state index in [9.17, 15) is 10.2 Å². The number of H-pyrrole nitrogens is 1. The van der Waals surface area contributed by atoms with E-state index in [0.29, 0.717) is 16.8 Å². The number of fused-ring (bicyclic) bond motifs is 1. The van der Waals surface area contributed by atoms with Crippen LogP contribution in [0.3, 0.4) is 0 Å². The Morgan fingerprint density at radius 1 is 1.11 bits per heavy atom. The molecule has 2 fully saturated rings. The SMILES string of the molecule is COc1cc(-c2nc3ccc(N4CC5(CN(C)C5)C4)cc3[nH]2)cc(O)c1O. The van der Waals surface area contributed by atoms with Gasteiger partial charge in [-0.2, -0.15) is 0 Å². The van der Waals surface area contributed by atoms with Crippen LogP contribution < -0.4 is 9.64 Å². The molecule has 2 aromatic carbocycles. The molecule has 0 unspecified atom stereocenters. The zero-order chi connectivity index (χ0) is 18.8. The van der Waals surface area contributed by atoms with E-state index in [0.717, 1.165) is 24.1 Å². The number of nitrogens with zero attached hydrogens (tertiary/aromatic N) is 3. The number of hydrogen-bond donors (Lipinski definition) is 3. The number of methoxy groups -OCH3 is 1. The lowest BCUT2D eigenvalue weighted by Gasteiger charge is -2.60. The summed E-state index contributed by atoms with van der Waals surface area (Å²) in [7, 11) is 3.62. The van der Waals surface area contributed by atoms with E-state index in [2.05, 4.69) is 38.9 Å². The van der Waals surface area contributed by atoms with Crippen molar-refractivity contribution >= 4 is 16.7 Å². The summed E-state index contributed by atoms with van der Waals surface area (Å²) in [4.78, 5) is 12.7. The van der Waals surface area contributed by atoms with E-state index < -0.39 is 0 Å². The van der Waals surface area contributed by atoms with Crippen LogP contribution in [0.4, 0.5) is 5.69 Å². The summed E-state index contributed by atoms with van der Waals surface area (Å²) in [5, 5.41) is 19.7. The number of aromatic nitrogens is 2. The molecule has 0 atom stereocenters. The summed E-state index contributed by atoms with van der Waals surface area (Å²) in [5.74, 6) is 0.328. The van der Waals surface area contributed by atoms with Gasteiger partial charge in [0.05, 0.1) is 18.1 Å². The van der Waals surface area contributed by atoms with Crippen LogP contribution in [0.1, 0.15) is 0 Å². The van der Waals surface area contributed by atoms with Crippen molar-refractivity contribution in [3.63, 3.8) is 0 Å². The molecule has 7 nitrogen and oxygen atoms in total. The van der Waals surface area contributed by atoms with Gasteiger partial charge in [-0.15, -0.1) is 0 Å². The fourth-order valence-corrected chi connectivity index (χ4v) is 4.46. The van der Waals surface area contributed by atoms with Crippen LogP contribution in [0.2, 0.25) is 0 Å². The number of phenolic OH excluding ortho intramolecular Hbond substituents is 2. The van der Waals surface area contributed by atoms with E-state index in [-0.39, 0.29) is 17.2 Å². The number of likely N-dealkylation sites (tertiary alicyclic amines) is 1. The number of phenols is 2. The number of rotatable bonds is 3. The minimum Gasteiger partial charge on any atom is -0.504 e. The van der Waals surface area contributed by atoms with Crippen LogP contribution in [0.25, 0.3) is 22.4 Å². The third kappa shape index (κ3) is 2.49. The lowest BCUT2D eigenvalue weighted by Crippen LogP contribution is -2.71. The molecule has 27 heavy (non-hydrogen) atoms. The normalized spacial score (nSPS) is 18.5. The predicted octanol–water partition coefficient (Wildman–Crippen LogP) is 2.40. The first kappa shape index (κ1) is 16.3. The monoisotopic (exact) mass is 366 g/mol. The molecule has 2 saturated heterocycles. The Hall–Kier alpha value is -2.93. The molecule has 0 bridgehead atoms. The topological polar surface area (TPSA) is 84.9 Å². The summed E-state index contributed by atoms with van der Waals surface area (Å²) in [5.41, 5.74) is 4.15. The molecule has 3 N–H and O–H groups in total. The fraction of sp³-hybridized carbons (Fsp3) is 0.350. The van der Waals surface area contributed by atoms with E-state index >= 15 is 0 Å². The van der Waals surface area contributed by atoms with Crippen LogP contribution in [-0.2, 0) is 0 Å². The zero-order valence-corrected chi connectivity index (χ0v) is 15.4. The summed E-state index contributed by atoms with van der Waals surface area (Å²) in [6.45, 7) is 4.58. The van der Waals surface area contributed by atoms with Crippen LogP contribution in [0.5, 0.6) is 17.2 Å². The number of ether oxygens (including phenoxy) is 1. The van der Waals surface area contributed by atoms with Crippen LogP contribution in [0.15, 0.2) is 30.3 Å². The minimum atomic E-state index is -0.270. The van der Waals surface area contributed by atoms with Gasteiger partial charge in [0.1, 0.15) is 5.82 Å². The fourth-order valence-electron chi connectivity index (χ4n) is 4.46. The maximum atomic E-state index is 9.92. The first-order valence-electron chi connectivity index (χ1n) is 9.00. The van der Waals surface area contributed by atoms with Crippen molar-refractivity contribution in [2.24, 2.45) is 5.41 Å². The third-order valence-corrected chi connectivity index (χ3v) is 5.64. The van der Waals surface area contributed by atoms with Gasteiger partial charge in [0.2, 0.25) is 5.75 Å². The van der Waals surface area contributed by atoms with Crippen molar-refractivity contribution in [1.29, 1.82) is 0 Å². The second-order valence-corrected chi connectivity index (χ2v) is 7.86. The van der Waals surface area contributed by atoms with Gasteiger partial charge in [-0.25, -0.2) is 4.98 Å². The van der Waals surface area contributed by atoms with Gasteiger partial charge < -0.3 is 29.7 Å². The van der Waals surface area contributed by atoms with E-state index in [1.807, 2.05) is 6.07 Å². The third-order valence-electron chi connectivity index (χ3n) is 5.64. The second-order valence-electron chi connectivity index (χ2n) is 7.86. The minimum absolute atomic E-state index is 0.211. The van der Waals surface area contributed by atoms with Gasteiger partial charge >= 0.3 is 0 Å². The Labute approximate surface area is 156 Å². The Bertz CT molecular complexity index is 1030. The predicted molar refractivity (Wildman–Crippen MR) is 104 cm³/mol. The Balaban J connectivity index is 1.44. The van der Waals surface area contributed by atoms with Crippen molar-refractivity contribution in [2.45, 2.75) is 0 Å². The number of aromatic amines is 1. The van der Waals surface area contributed by atoms with Crippen molar-refractivity contribution in [2.75, 3.05) is 45.2 Å². The molecule has 7 heteroatoms. The van der Waals surface area contributed by atoms with Crippen molar-refractivity contribution < 1.29 is 14.9 Å². The molecule has 0 saturated carbocycles. The average molecular weight is 366 g/mol. The lowest BCUT2D eigenvalue weighted by atomic mass is 9.73. The zero-order valence-electron chi connectivity index (χ0n) is 15.4. The molecule has 3 heterocycles. The summed E-state index contributed by atoms with van der Waals surface area (Å²) >= 11 is 0. The molecular weight excluding hydrogens is 344 g/mol. The highest BCUT2D eigenvalue weighted by molar-refractivity contribution is 5.83. The van der Waals surface area contributed by atoms with Gasteiger partial charge in [-0.3, -0.25) is 0 Å². The lowest BCUT2D eigenvalue weighted by molar-refractivity contribution is -0.00237. The van der Waals surface area contributed by atoms with E-state index in [1.54, 1.807) is 6.07 Å². The molecule has 0 aliphatic carbocycles. The van der Waals surface area contributed by atoms with E-state index in [4.69, 9.17) is 4.74 Å². The van der Waals surface area contributed by atoms with Crippen molar-refractivity contribution in [3.05, 3.63) is 30.3 Å². The largest absolute Gasteiger partial charge is 0.504 e. The summed E-state index contributed by atoms with van der Waals surface area (Å²) < 4.78 is 5.12. The van der Waals surface area contributed by atoms with Crippen LogP contribution >= 0.6 is 0 Å². The summed E-state index contributed by atoms with van der Waals surface area (Å²) in [6.07, 6.45) is 0. The summed E-state index contributed by atoms with van der Waals surface area (Å²) in [6, 6.07) is 9.37. The maximum absolute atomic E-state index is 9.92. The molecular formula is C20H22N4O3. The molecule has 1 spiro atoms. The number of aromatic hydroxyl groups is 2. The Morgan fingerprint density at radius 2 is 1.89 bits per heavy atom. The van der Waals surface area contributed by atoms with Crippen LogP contribution in [-0.4, -0.2) is 65.4 Å². The molecule has 2 aliphatic rings. The number of benzene rings is 2. The number of imidazole rings is 1. The molecule has 0 amide bonds. The highest BCUT2D eigenvalue weighted by Crippen LogP contribution is 2.42. The smallest absolute Gasteiger partial charge is 0.200 e. The van der Waals surface area contributed by atoms with Crippen molar-refractivity contribution in [1.82, 2.24) is 14.9 Å². The number of anilines is 1. The maximum Gasteiger partial charge on any atom is 0.200 e. The molecule has 2 aliphatic heterocycles. The molecule has 0 radical (unpaired) electrons. The van der Waals surface area contributed by atoms with Gasteiger partial charge in [-0.1, -0.05) is 0 Å². The Morgan fingerprint density at radius 3 is 2.59 bits per heavy atom. The first-order chi connectivity index (χ1) is 13.0. The van der Waals surface area contributed by atoms with E-state index in [1.165, 1.54) is 32.0 Å². The van der Waals surface area contributed by atoms with Gasteiger partial charge in [0, 0.05) is 42.8 Å². The molecule has 140 valence electrons. The van der Waals surface area contributed by atoms with Gasteiger partial charge in [-0.05, 0) is 37.4 Å². The van der Waals surface area contributed by atoms with Gasteiger partial charge in [0.15, 0.2) is 11.5 Å². The number of hydrogen-bond acceptors (Lipinski definition) is 6. The Kier molecular flexibility index (Phi) is 3.33. The van der Waals surface area contributed by atoms with Crippen molar-refractivity contribution in [3.8, 4) is 28.6 Å². The standard InChI is InChI=1S/C20H22N4O3/c1-23-8-20(9-23)10-24(11-20)13-3-4-14-15(7-13)22-19(21-14)12-5-16(25)18(26)17(6-12)27-2/h3-7,25-26H,8-11H2,1-2H3,(H,21,22). The highest BCUT2D eigenvalue weighted by atomic mass is 16.5. The molecule has 3 aromatic rings.